The van der Waals surface area contributed by atoms with Crippen molar-refractivity contribution in [3.05, 3.63) is 35.4 Å². The molecule has 0 aliphatic carbocycles. The van der Waals surface area contributed by atoms with Gasteiger partial charge in [-0.25, -0.2) is 0 Å². The third kappa shape index (κ3) is 3.61. The molecule has 0 spiro atoms. The molecule has 0 radical (unpaired) electrons. The Labute approximate surface area is 125 Å². The van der Waals surface area contributed by atoms with Gasteiger partial charge in [-0.2, -0.15) is 0 Å². The Morgan fingerprint density at radius 3 is 2.48 bits per heavy atom. The summed E-state index contributed by atoms with van der Waals surface area (Å²) in [6.07, 6.45) is 1.14. The van der Waals surface area contributed by atoms with Crippen molar-refractivity contribution < 1.29 is 19.6 Å². The normalized spacial score (nSPS) is 17.5. The number of aromatic carboxylic acids is 1. The minimum absolute atomic E-state index is 0.0460. The monoisotopic (exact) mass is 290 g/mol. The van der Waals surface area contributed by atoms with Crippen LogP contribution in [0.25, 0.3) is 0 Å². The molecule has 1 N–H and O–H groups in total. The van der Waals surface area contributed by atoms with E-state index in [-0.39, 0.29) is 11.5 Å². The standard InChI is InChI=1S/C16H22N2O3/c1-3-12(2)17-7-9-18(10-8-17)15(19)13-5-4-6-14(11-13)16(20)21/h4-6,11-12H,3,7-10H2,1-2H3,(H,20,21)/t12-/m0/s1. The van der Waals surface area contributed by atoms with Crippen molar-refractivity contribution in [2.24, 2.45) is 0 Å². The summed E-state index contributed by atoms with van der Waals surface area (Å²) in [6, 6.07) is 6.69. The topological polar surface area (TPSA) is 64.9 Å². The molecule has 1 heterocycles. The number of amides is 1. The third-order valence-corrected chi connectivity index (χ3v) is 4.35. The lowest BCUT2D eigenvalue weighted by Gasteiger charge is -2.35. The lowest BCUT2D eigenvalue weighted by Crippen LogP contribution is -3.17. The lowest BCUT2D eigenvalue weighted by atomic mass is 10.1. The van der Waals surface area contributed by atoms with E-state index >= 15 is 0 Å². The molecule has 0 aromatic heterocycles. The molecular weight excluding hydrogens is 268 g/mol. The van der Waals surface area contributed by atoms with E-state index in [1.807, 2.05) is 0 Å². The van der Waals surface area contributed by atoms with Gasteiger partial charge in [-0.15, -0.1) is 0 Å². The molecule has 1 atom stereocenters. The van der Waals surface area contributed by atoms with Crippen molar-refractivity contribution in [1.29, 1.82) is 0 Å². The highest BCUT2D eigenvalue weighted by molar-refractivity contribution is 5.97. The maximum Gasteiger partial charge on any atom is 0.254 e. The smallest absolute Gasteiger partial charge is 0.254 e. The van der Waals surface area contributed by atoms with Crippen LogP contribution in [0.2, 0.25) is 0 Å². The Morgan fingerprint density at radius 1 is 1.29 bits per heavy atom. The molecule has 1 aromatic carbocycles. The van der Waals surface area contributed by atoms with E-state index in [1.165, 1.54) is 17.0 Å². The summed E-state index contributed by atoms with van der Waals surface area (Å²) in [5.41, 5.74) is 0.466. The van der Waals surface area contributed by atoms with Crippen LogP contribution in [0.3, 0.4) is 0 Å². The molecule has 114 valence electrons. The fraction of sp³-hybridized carbons (Fsp3) is 0.500. The van der Waals surface area contributed by atoms with Gasteiger partial charge >= 0.3 is 0 Å². The minimum atomic E-state index is -1.25. The maximum atomic E-state index is 12.4. The van der Waals surface area contributed by atoms with Crippen LogP contribution in [0.1, 0.15) is 41.0 Å². The van der Waals surface area contributed by atoms with Gasteiger partial charge in [0.25, 0.3) is 5.91 Å². The first-order valence-corrected chi connectivity index (χ1v) is 7.48. The molecule has 5 nitrogen and oxygen atoms in total. The van der Waals surface area contributed by atoms with Crippen LogP contribution in [0.4, 0.5) is 0 Å². The quantitative estimate of drug-likeness (QED) is 0.789. The maximum absolute atomic E-state index is 12.4. The minimum Gasteiger partial charge on any atom is -0.545 e. The van der Waals surface area contributed by atoms with E-state index in [0.29, 0.717) is 24.7 Å². The van der Waals surface area contributed by atoms with Crippen LogP contribution in [0, 0.1) is 0 Å². The number of hydrogen-bond acceptors (Lipinski definition) is 3. The van der Waals surface area contributed by atoms with E-state index < -0.39 is 5.97 Å². The summed E-state index contributed by atoms with van der Waals surface area (Å²) >= 11 is 0. The first-order chi connectivity index (χ1) is 10.0. The Balaban J connectivity index is 2.02. The van der Waals surface area contributed by atoms with Crippen molar-refractivity contribution >= 4 is 11.9 Å². The number of benzene rings is 1. The van der Waals surface area contributed by atoms with Gasteiger partial charge < -0.3 is 19.7 Å². The Kier molecular flexibility index (Phi) is 4.96. The molecule has 1 amide bonds. The van der Waals surface area contributed by atoms with E-state index in [9.17, 15) is 14.7 Å². The molecule has 1 aromatic rings. The zero-order valence-corrected chi connectivity index (χ0v) is 12.6. The number of nitrogens with zero attached hydrogens (tertiary/aromatic N) is 1. The number of carbonyl (C=O) groups excluding carboxylic acids is 2. The van der Waals surface area contributed by atoms with Crippen LogP contribution < -0.4 is 10.0 Å². The number of carboxylic acid groups (broad SMARTS) is 1. The van der Waals surface area contributed by atoms with Gasteiger partial charge in [0.2, 0.25) is 0 Å². The molecule has 1 fully saturated rings. The van der Waals surface area contributed by atoms with Crippen molar-refractivity contribution in [1.82, 2.24) is 4.90 Å². The lowest BCUT2D eigenvalue weighted by molar-refractivity contribution is -0.927. The Bertz CT molecular complexity index is 522. The number of carboxylic acids is 1. The molecule has 2 rings (SSSR count). The number of hydrogen-bond donors (Lipinski definition) is 1. The molecule has 21 heavy (non-hydrogen) atoms. The number of rotatable bonds is 4. The average Bonchev–Trinajstić information content (AvgIpc) is 2.53. The summed E-state index contributed by atoms with van der Waals surface area (Å²) in [5.74, 6) is -1.35. The number of carbonyl (C=O) groups is 2. The number of nitrogens with one attached hydrogen (secondary N) is 1. The van der Waals surface area contributed by atoms with Gasteiger partial charge in [0.15, 0.2) is 0 Å². The van der Waals surface area contributed by atoms with Gasteiger partial charge in [0.1, 0.15) is 0 Å². The third-order valence-electron chi connectivity index (χ3n) is 4.35. The predicted octanol–water partition coefficient (Wildman–Crippen LogP) is -0.811. The highest BCUT2D eigenvalue weighted by Crippen LogP contribution is 2.08. The fourth-order valence-corrected chi connectivity index (χ4v) is 2.74. The molecule has 0 bridgehead atoms. The van der Waals surface area contributed by atoms with Crippen molar-refractivity contribution in [2.45, 2.75) is 26.3 Å². The van der Waals surface area contributed by atoms with Gasteiger partial charge in [-0.05, 0) is 31.0 Å². The van der Waals surface area contributed by atoms with Crippen molar-refractivity contribution in [2.75, 3.05) is 26.2 Å². The predicted molar refractivity (Wildman–Crippen MR) is 77.1 cm³/mol. The van der Waals surface area contributed by atoms with Crippen molar-refractivity contribution in [3.63, 3.8) is 0 Å². The largest absolute Gasteiger partial charge is 0.545 e. The fourth-order valence-electron chi connectivity index (χ4n) is 2.74. The zero-order valence-electron chi connectivity index (χ0n) is 12.6. The van der Waals surface area contributed by atoms with E-state index in [0.717, 1.165) is 19.5 Å². The molecular formula is C16H22N2O3. The second-order valence-corrected chi connectivity index (χ2v) is 5.63. The second kappa shape index (κ2) is 6.72. The first-order valence-electron chi connectivity index (χ1n) is 7.48. The molecule has 1 aliphatic heterocycles. The van der Waals surface area contributed by atoms with Gasteiger partial charge in [0, 0.05) is 5.56 Å². The highest BCUT2D eigenvalue weighted by Gasteiger charge is 2.26. The Hall–Kier alpha value is -1.88. The van der Waals surface area contributed by atoms with E-state index in [1.54, 1.807) is 17.0 Å². The summed E-state index contributed by atoms with van der Waals surface area (Å²) in [7, 11) is 0. The molecule has 1 saturated heterocycles. The second-order valence-electron chi connectivity index (χ2n) is 5.63. The van der Waals surface area contributed by atoms with Gasteiger partial charge in [-0.3, -0.25) is 4.79 Å². The molecule has 0 saturated carbocycles. The highest BCUT2D eigenvalue weighted by atomic mass is 16.4. The average molecular weight is 290 g/mol. The molecule has 0 unspecified atom stereocenters. The van der Waals surface area contributed by atoms with Crippen LogP contribution in [0.5, 0.6) is 0 Å². The SMILES string of the molecule is CC[C@H](C)[NH+]1CCN(C(=O)c2cccc(C(=O)[O-])c2)CC1. The summed E-state index contributed by atoms with van der Waals surface area (Å²) in [5, 5.41) is 10.9. The van der Waals surface area contributed by atoms with Gasteiger partial charge in [-0.1, -0.05) is 19.1 Å². The van der Waals surface area contributed by atoms with Crippen LogP contribution >= 0.6 is 0 Å². The number of quaternary nitrogens is 1. The molecule has 1 aliphatic rings. The van der Waals surface area contributed by atoms with E-state index in [2.05, 4.69) is 13.8 Å². The first kappa shape index (κ1) is 15.5. The summed E-state index contributed by atoms with van der Waals surface area (Å²) in [4.78, 5) is 26.6. The zero-order chi connectivity index (χ0) is 15.4. The van der Waals surface area contributed by atoms with Crippen molar-refractivity contribution in [3.8, 4) is 0 Å². The number of piperazine rings is 1. The summed E-state index contributed by atoms with van der Waals surface area (Å²) in [6.45, 7) is 7.74. The van der Waals surface area contributed by atoms with Crippen LogP contribution in [-0.4, -0.2) is 49.0 Å². The van der Waals surface area contributed by atoms with Crippen LogP contribution in [-0.2, 0) is 0 Å². The summed E-state index contributed by atoms with van der Waals surface area (Å²) < 4.78 is 0. The van der Waals surface area contributed by atoms with Crippen LogP contribution in [0.15, 0.2) is 24.3 Å². The van der Waals surface area contributed by atoms with Gasteiger partial charge in [0.05, 0.1) is 38.2 Å². The molecule has 5 heteroatoms. The Morgan fingerprint density at radius 2 is 1.90 bits per heavy atom. The van der Waals surface area contributed by atoms with E-state index in [4.69, 9.17) is 0 Å².